The van der Waals surface area contributed by atoms with Gasteiger partial charge in [0, 0.05) is 16.6 Å². The van der Waals surface area contributed by atoms with E-state index in [-0.39, 0.29) is 11.4 Å². The van der Waals surface area contributed by atoms with Crippen molar-refractivity contribution in [2.75, 3.05) is 0 Å². The van der Waals surface area contributed by atoms with Gasteiger partial charge in [0.25, 0.3) is 0 Å². The highest BCUT2D eigenvalue weighted by Gasteiger charge is 2.51. The number of amides is 1. The Balaban J connectivity index is 1.33. The lowest BCUT2D eigenvalue weighted by molar-refractivity contribution is -0.115. The molecule has 2 N–H and O–H groups in total. The maximum Gasteiger partial charge on any atom is 0.250 e. The van der Waals surface area contributed by atoms with Crippen LogP contribution in [0.1, 0.15) is 44.1 Å². The molecule has 1 aromatic rings. The summed E-state index contributed by atoms with van der Waals surface area (Å²) in [5.74, 6) is 2.35. The molecule has 1 aromatic carbocycles. The van der Waals surface area contributed by atoms with Gasteiger partial charge in [-0.3, -0.25) is 10.1 Å². The van der Waals surface area contributed by atoms with Crippen LogP contribution in [-0.2, 0) is 4.79 Å². The monoisotopic (exact) mass is 374 g/mol. The lowest BCUT2D eigenvalue weighted by atomic mass is 9.53. The average molecular weight is 375 g/mol. The van der Waals surface area contributed by atoms with Crippen LogP contribution in [0, 0.1) is 17.8 Å². The zero-order valence-corrected chi connectivity index (χ0v) is 15.7. The number of carbonyl (C=O) groups excluding carboxylic acids is 1. The van der Waals surface area contributed by atoms with Crippen molar-refractivity contribution in [3.8, 4) is 0 Å². The van der Waals surface area contributed by atoms with Gasteiger partial charge in [0.2, 0.25) is 5.91 Å². The zero-order valence-electron chi connectivity index (χ0n) is 14.1. The van der Waals surface area contributed by atoms with Crippen LogP contribution in [0.4, 0.5) is 0 Å². The summed E-state index contributed by atoms with van der Waals surface area (Å²) in [7, 11) is 0. The molecular formula is C20H23ClN2OS. The Morgan fingerprint density at radius 2 is 1.64 bits per heavy atom. The van der Waals surface area contributed by atoms with Crippen molar-refractivity contribution in [1.29, 1.82) is 0 Å². The van der Waals surface area contributed by atoms with Crippen molar-refractivity contribution in [3.05, 3.63) is 40.9 Å². The first-order valence-electron chi connectivity index (χ1n) is 9.06. The Bertz CT molecular complexity index is 678. The van der Waals surface area contributed by atoms with Gasteiger partial charge in [-0.15, -0.1) is 0 Å². The molecule has 132 valence electrons. The third kappa shape index (κ3) is 3.90. The predicted octanol–water partition coefficient (Wildman–Crippen LogP) is 4.31. The zero-order chi connectivity index (χ0) is 17.4. The minimum atomic E-state index is -0.197. The quantitative estimate of drug-likeness (QED) is 0.611. The van der Waals surface area contributed by atoms with E-state index < -0.39 is 0 Å². The van der Waals surface area contributed by atoms with E-state index in [0.717, 1.165) is 23.3 Å². The van der Waals surface area contributed by atoms with Gasteiger partial charge >= 0.3 is 0 Å². The van der Waals surface area contributed by atoms with E-state index in [1.807, 2.05) is 12.1 Å². The molecule has 0 atom stereocenters. The molecule has 0 aromatic heterocycles. The molecule has 0 spiro atoms. The fourth-order valence-electron chi connectivity index (χ4n) is 5.44. The number of halogens is 1. The SMILES string of the molecule is O=C(/C=C/c1ccc(Cl)cc1)NC(=S)NC12CC3CC(CC(C3)C1)C2. The van der Waals surface area contributed by atoms with Gasteiger partial charge in [0.1, 0.15) is 0 Å². The number of thiocarbonyl (C=S) groups is 1. The maximum atomic E-state index is 12.1. The Kier molecular flexibility index (Phi) is 4.59. The van der Waals surface area contributed by atoms with Gasteiger partial charge in [-0.2, -0.15) is 0 Å². The summed E-state index contributed by atoms with van der Waals surface area (Å²) in [5, 5.41) is 7.46. The Morgan fingerprint density at radius 3 is 2.20 bits per heavy atom. The van der Waals surface area contributed by atoms with Gasteiger partial charge in [0.05, 0.1) is 0 Å². The standard InChI is InChI=1S/C20H23ClN2OS/c21-17-4-1-13(2-5-17)3-6-18(24)22-19(25)23-20-10-14-7-15(11-20)9-16(8-14)12-20/h1-6,14-16H,7-12H2,(H2,22,23,24,25)/b6-3+. The number of rotatable bonds is 3. The summed E-state index contributed by atoms with van der Waals surface area (Å²) in [4.78, 5) is 12.1. The molecule has 0 heterocycles. The molecule has 5 rings (SSSR count). The number of carbonyl (C=O) groups is 1. The second-order valence-corrected chi connectivity index (χ2v) is 8.87. The van der Waals surface area contributed by atoms with Crippen molar-refractivity contribution in [1.82, 2.24) is 10.6 Å². The number of benzene rings is 1. The molecule has 3 nitrogen and oxygen atoms in total. The second kappa shape index (κ2) is 6.73. The Morgan fingerprint density at radius 1 is 1.08 bits per heavy atom. The van der Waals surface area contributed by atoms with Gasteiger partial charge in [-0.1, -0.05) is 23.7 Å². The highest BCUT2D eigenvalue weighted by molar-refractivity contribution is 7.80. The fourth-order valence-corrected chi connectivity index (χ4v) is 5.88. The number of hydrogen-bond acceptors (Lipinski definition) is 2. The molecule has 0 unspecified atom stereocenters. The second-order valence-electron chi connectivity index (χ2n) is 8.03. The molecule has 4 aliphatic rings. The summed E-state index contributed by atoms with van der Waals surface area (Å²) in [6.07, 6.45) is 11.1. The minimum Gasteiger partial charge on any atom is -0.357 e. The van der Waals surface area contributed by atoms with E-state index in [2.05, 4.69) is 10.6 Å². The molecule has 4 aliphatic carbocycles. The Labute approximate surface area is 159 Å². The first-order chi connectivity index (χ1) is 12.0. The topological polar surface area (TPSA) is 41.1 Å². The summed E-state index contributed by atoms with van der Waals surface area (Å²) < 4.78 is 0. The van der Waals surface area contributed by atoms with E-state index >= 15 is 0 Å². The lowest BCUT2D eigenvalue weighted by Gasteiger charge is -2.57. The van der Waals surface area contributed by atoms with E-state index in [4.69, 9.17) is 23.8 Å². The summed E-state index contributed by atoms with van der Waals surface area (Å²) in [6, 6.07) is 7.35. The normalized spacial score (nSPS) is 32.8. The molecule has 0 radical (unpaired) electrons. The van der Waals surface area contributed by atoms with E-state index in [1.54, 1.807) is 18.2 Å². The number of hydrogen-bond donors (Lipinski definition) is 2. The van der Waals surface area contributed by atoms with Gasteiger partial charge < -0.3 is 5.32 Å². The van der Waals surface area contributed by atoms with Crippen LogP contribution in [-0.4, -0.2) is 16.6 Å². The molecule has 4 saturated carbocycles. The smallest absolute Gasteiger partial charge is 0.250 e. The Hall–Kier alpha value is -1.39. The van der Waals surface area contributed by atoms with Crippen LogP contribution in [0.3, 0.4) is 0 Å². The van der Waals surface area contributed by atoms with Crippen molar-refractivity contribution in [2.45, 2.75) is 44.1 Å². The van der Waals surface area contributed by atoms with Crippen molar-refractivity contribution >= 4 is 40.9 Å². The average Bonchev–Trinajstić information content (AvgIpc) is 2.52. The van der Waals surface area contributed by atoms with E-state index in [0.29, 0.717) is 10.1 Å². The third-order valence-electron chi connectivity index (χ3n) is 5.95. The third-order valence-corrected chi connectivity index (χ3v) is 6.41. The largest absolute Gasteiger partial charge is 0.357 e. The first-order valence-corrected chi connectivity index (χ1v) is 9.85. The lowest BCUT2D eigenvalue weighted by Crippen LogP contribution is -2.61. The molecule has 0 aliphatic heterocycles. The molecule has 1 amide bonds. The molecule has 25 heavy (non-hydrogen) atoms. The summed E-state index contributed by atoms with van der Waals surface area (Å²) in [5.41, 5.74) is 1.05. The molecule has 5 heteroatoms. The number of nitrogens with one attached hydrogen (secondary N) is 2. The van der Waals surface area contributed by atoms with Crippen LogP contribution in [0.5, 0.6) is 0 Å². The fraction of sp³-hybridized carbons (Fsp3) is 0.500. The van der Waals surface area contributed by atoms with Crippen molar-refractivity contribution in [3.63, 3.8) is 0 Å². The predicted molar refractivity (Wildman–Crippen MR) is 105 cm³/mol. The van der Waals surface area contributed by atoms with Gasteiger partial charge in [-0.25, -0.2) is 0 Å². The van der Waals surface area contributed by atoms with Crippen LogP contribution in [0.25, 0.3) is 6.08 Å². The summed E-state index contributed by atoms with van der Waals surface area (Å²) >= 11 is 11.3. The van der Waals surface area contributed by atoms with Crippen LogP contribution < -0.4 is 10.6 Å². The molecule has 4 bridgehead atoms. The maximum absolute atomic E-state index is 12.1. The van der Waals surface area contributed by atoms with Gasteiger partial charge in [-0.05, 0) is 92.3 Å². The van der Waals surface area contributed by atoms with Crippen molar-refractivity contribution < 1.29 is 4.79 Å². The van der Waals surface area contributed by atoms with Crippen LogP contribution in [0.15, 0.2) is 30.3 Å². The van der Waals surface area contributed by atoms with E-state index in [1.165, 1.54) is 44.6 Å². The first kappa shape index (κ1) is 17.0. The highest BCUT2D eigenvalue weighted by Crippen LogP contribution is 2.55. The molecule has 4 fully saturated rings. The highest BCUT2D eigenvalue weighted by atomic mass is 35.5. The molecule has 0 saturated heterocycles. The van der Waals surface area contributed by atoms with Crippen molar-refractivity contribution in [2.24, 2.45) is 17.8 Å². The van der Waals surface area contributed by atoms with Crippen LogP contribution in [0.2, 0.25) is 5.02 Å². The van der Waals surface area contributed by atoms with Crippen LogP contribution >= 0.6 is 23.8 Å². The minimum absolute atomic E-state index is 0.124. The van der Waals surface area contributed by atoms with Gasteiger partial charge in [0.15, 0.2) is 5.11 Å². The van der Waals surface area contributed by atoms with E-state index in [9.17, 15) is 4.79 Å². The molecular weight excluding hydrogens is 352 g/mol. The summed E-state index contributed by atoms with van der Waals surface area (Å²) in [6.45, 7) is 0.